The molecule has 0 heterocycles. The summed E-state index contributed by atoms with van der Waals surface area (Å²) >= 11 is 0. The van der Waals surface area contributed by atoms with E-state index in [1.807, 2.05) is 0 Å². The van der Waals surface area contributed by atoms with E-state index in [4.69, 9.17) is 10.0 Å². The summed E-state index contributed by atoms with van der Waals surface area (Å²) in [6.07, 6.45) is 0. The molecule has 0 aliphatic carbocycles. The van der Waals surface area contributed by atoms with E-state index >= 15 is 0 Å². The molecule has 64 valence electrons. The number of benzene rings is 1. The van der Waals surface area contributed by atoms with Gasteiger partial charge >= 0.3 is 7.32 Å². The molecular weight excluding hydrogens is 162 g/mol. The van der Waals surface area contributed by atoms with Crippen molar-refractivity contribution in [2.24, 2.45) is 0 Å². The molecule has 0 aliphatic rings. The first-order chi connectivity index (χ1) is 5.61. The Bertz CT molecular complexity index is 277. The van der Waals surface area contributed by atoms with Gasteiger partial charge in [-0.05, 0) is 18.6 Å². The fraction of sp³-hybridized carbons (Fsp3) is 0.143. The second kappa shape index (κ2) is 3.56. The van der Waals surface area contributed by atoms with Crippen LogP contribution >= 0.6 is 0 Å². The number of hydrogen-bond donors (Lipinski definition) is 2. The molecule has 0 fully saturated rings. The Labute approximate surface area is 69.6 Å². The van der Waals surface area contributed by atoms with E-state index < -0.39 is 13.1 Å². The Morgan fingerprint density at radius 2 is 2.08 bits per heavy atom. The van der Waals surface area contributed by atoms with Crippen LogP contribution in [0.2, 0.25) is 0 Å². The highest BCUT2D eigenvalue weighted by molar-refractivity contribution is 6.33. The van der Waals surface area contributed by atoms with Crippen molar-refractivity contribution in [2.45, 2.75) is 6.92 Å². The van der Waals surface area contributed by atoms with Gasteiger partial charge in [-0.3, -0.25) is 0 Å². The number of aryl methyl sites for hydroxylation is 1. The molecule has 12 heavy (non-hydrogen) atoms. The zero-order valence-electron chi connectivity index (χ0n) is 6.49. The van der Waals surface area contributed by atoms with E-state index in [1.54, 1.807) is 19.1 Å². The Morgan fingerprint density at radius 3 is 2.67 bits per heavy atom. The van der Waals surface area contributed by atoms with Crippen molar-refractivity contribution in [3.63, 3.8) is 0 Å². The highest BCUT2D eigenvalue weighted by Crippen LogP contribution is 2.19. The van der Waals surface area contributed by atoms with Gasteiger partial charge in [0.05, 0.1) is 0 Å². The van der Waals surface area contributed by atoms with Crippen LogP contribution in [0.3, 0.4) is 0 Å². The summed E-state index contributed by atoms with van der Waals surface area (Å²) in [5, 5.41) is 16.8. The van der Waals surface area contributed by atoms with Crippen LogP contribution in [0, 0.1) is 12.7 Å². The lowest BCUT2D eigenvalue weighted by Crippen LogP contribution is -2.21. The molecule has 1 aromatic carbocycles. The summed E-state index contributed by atoms with van der Waals surface area (Å²) in [4.78, 5) is 0. The van der Waals surface area contributed by atoms with E-state index in [-0.39, 0.29) is 5.75 Å². The molecule has 0 radical (unpaired) electrons. The van der Waals surface area contributed by atoms with E-state index in [9.17, 15) is 4.39 Å². The van der Waals surface area contributed by atoms with E-state index in [0.717, 1.165) is 0 Å². The van der Waals surface area contributed by atoms with Crippen molar-refractivity contribution in [1.82, 2.24) is 0 Å². The average molecular weight is 170 g/mol. The molecular formula is C7H8BFO3. The van der Waals surface area contributed by atoms with E-state index in [2.05, 4.69) is 4.65 Å². The maximum Gasteiger partial charge on any atom is 0.707 e. The van der Waals surface area contributed by atoms with Gasteiger partial charge in [0.15, 0.2) is 5.82 Å². The van der Waals surface area contributed by atoms with Gasteiger partial charge in [-0.1, -0.05) is 12.1 Å². The zero-order chi connectivity index (χ0) is 9.14. The fourth-order valence-electron chi connectivity index (χ4n) is 0.825. The minimum atomic E-state index is -1.98. The molecule has 0 saturated carbocycles. The van der Waals surface area contributed by atoms with Crippen molar-refractivity contribution >= 4 is 7.32 Å². The van der Waals surface area contributed by atoms with Crippen LogP contribution in [0.4, 0.5) is 4.39 Å². The van der Waals surface area contributed by atoms with Gasteiger partial charge in [0, 0.05) is 0 Å². The quantitative estimate of drug-likeness (QED) is 0.634. The van der Waals surface area contributed by atoms with E-state index in [0.29, 0.717) is 5.56 Å². The summed E-state index contributed by atoms with van der Waals surface area (Å²) in [5.74, 6) is -0.740. The van der Waals surface area contributed by atoms with Crippen LogP contribution in [0.15, 0.2) is 18.2 Å². The summed E-state index contributed by atoms with van der Waals surface area (Å²) in [7, 11) is -1.98. The van der Waals surface area contributed by atoms with Gasteiger partial charge in [-0.25, -0.2) is 4.39 Å². The third-order valence-corrected chi connectivity index (χ3v) is 1.39. The molecule has 1 rings (SSSR count). The summed E-state index contributed by atoms with van der Waals surface area (Å²) in [6.45, 7) is 1.56. The minimum absolute atomic E-state index is 0.162. The predicted molar refractivity (Wildman–Crippen MR) is 42.0 cm³/mol. The lowest BCUT2D eigenvalue weighted by atomic mass is 10.2. The minimum Gasteiger partial charge on any atom is -0.510 e. The number of rotatable bonds is 2. The lowest BCUT2D eigenvalue weighted by molar-refractivity contribution is 0.281. The second-order valence-electron chi connectivity index (χ2n) is 2.33. The van der Waals surface area contributed by atoms with Crippen molar-refractivity contribution in [3.05, 3.63) is 29.6 Å². The normalized spacial score (nSPS) is 9.67. The molecule has 5 heteroatoms. The molecule has 1 aromatic rings. The first kappa shape index (κ1) is 9.03. The molecule has 0 aromatic heterocycles. The molecule has 0 aliphatic heterocycles. The van der Waals surface area contributed by atoms with Crippen molar-refractivity contribution in [3.8, 4) is 5.75 Å². The SMILES string of the molecule is Cc1cccc(OB(O)O)c1F. The molecule has 0 saturated heterocycles. The number of halogens is 1. The average Bonchev–Trinajstić information content (AvgIpc) is 1.98. The third kappa shape index (κ3) is 1.96. The zero-order valence-corrected chi connectivity index (χ0v) is 6.49. The van der Waals surface area contributed by atoms with Crippen molar-refractivity contribution < 1.29 is 19.1 Å². The first-order valence-electron chi connectivity index (χ1n) is 3.39. The maximum atomic E-state index is 13.0. The summed E-state index contributed by atoms with van der Waals surface area (Å²) in [5.41, 5.74) is 0.396. The molecule has 0 bridgehead atoms. The highest BCUT2D eigenvalue weighted by atomic mass is 19.1. The lowest BCUT2D eigenvalue weighted by Gasteiger charge is -2.06. The van der Waals surface area contributed by atoms with Gasteiger partial charge in [0.1, 0.15) is 5.75 Å². The molecule has 0 amide bonds. The van der Waals surface area contributed by atoms with Gasteiger partial charge in [-0.15, -0.1) is 0 Å². The third-order valence-electron chi connectivity index (χ3n) is 1.39. The van der Waals surface area contributed by atoms with Crippen LogP contribution < -0.4 is 4.65 Å². The molecule has 2 N–H and O–H groups in total. The predicted octanol–water partition coefficient (Wildman–Crippen LogP) is 0.482. The van der Waals surface area contributed by atoms with Crippen LogP contribution in [0.1, 0.15) is 5.56 Å². The molecule has 0 spiro atoms. The van der Waals surface area contributed by atoms with Crippen LogP contribution in [0.25, 0.3) is 0 Å². The Hall–Kier alpha value is -1.07. The summed E-state index contributed by atoms with van der Waals surface area (Å²) in [6, 6.07) is 4.45. The maximum absolute atomic E-state index is 13.0. The molecule has 0 unspecified atom stereocenters. The van der Waals surface area contributed by atoms with E-state index in [1.165, 1.54) is 6.07 Å². The Kier molecular flexibility index (Phi) is 2.67. The highest BCUT2D eigenvalue weighted by Gasteiger charge is 2.14. The van der Waals surface area contributed by atoms with Crippen molar-refractivity contribution in [2.75, 3.05) is 0 Å². The smallest absolute Gasteiger partial charge is 0.510 e. The van der Waals surface area contributed by atoms with Gasteiger partial charge in [0.25, 0.3) is 0 Å². The van der Waals surface area contributed by atoms with Gasteiger partial charge < -0.3 is 14.7 Å². The Balaban J connectivity index is 2.92. The van der Waals surface area contributed by atoms with Crippen molar-refractivity contribution in [1.29, 1.82) is 0 Å². The first-order valence-corrected chi connectivity index (χ1v) is 3.39. The van der Waals surface area contributed by atoms with Crippen LogP contribution in [-0.4, -0.2) is 17.4 Å². The van der Waals surface area contributed by atoms with Gasteiger partial charge in [-0.2, -0.15) is 0 Å². The van der Waals surface area contributed by atoms with Crippen LogP contribution in [-0.2, 0) is 0 Å². The Morgan fingerprint density at radius 1 is 1.42 bits per heavy atom. The summed E-state index contributed by atoms with van der Waals surface area (Å²) < 4.78 is 17.4. The monoisotopic (exact) mass is 170 g/mol. The number of hydrogen-bond acceptors (Lipinski definition) is 3. The second-order valence-corrected chi connectivity index (χ2v) is 2.33. The molecule has 0 atom stereocenters. The topological polar surface area (TPSA) is 49.7 Å². The standard InChI is InChI=1S/C7H8BFO3/c1-5-3-2-4-6(7(5)9)12-8(10)11/h2-4,10-11H,1H3. The van der Waals surface area contributed by atoms with Gasteiger partial charge in [0.2, 0.25) is 0 Å². The largest absolute Gasteiger partial charge is 0.707 e. The fourth-order valence-corrected chi connectivity index (χ4v) is 0.825. The van der Waals surface area contributed by atoms with Crippen LogP contribution in [0.5, 0.6) is 5.75 Å². The molecule has 3 nitrogen and oxygen atoms in total.